The number of benzene rings is 1. The first kappa shape index (κ1) is 14.8. The summed E-state index contributed by atoms with van der Waals surface area (Å²) in [7, 11) is 0. The second kappa shape index (κ2) is 5.60. The Morgan fingerprint density at radius 2 is 1.90 bits per heavy atom. The van der Waals surface area contributed by atoms with Crippen molar-refractivity contribution in [3.63, 3.8) is 0 Å². The maximum absolute atomic E-state index is 13.7. The Labute approximate surface area is 130 Å². The quantitative estimate of drug-likeness (QED) is 0.672. The third-order valence-electron chi connectivity index (χ3n) is 4.55. The Kier molecular flexibility index (Phi) is 3.96. The van der Waals surface area contributed by atoms with E-state index in [1.807, 2.05) is 6.92 Å². The normalized spacial score (nSPS) is 28.0. The van der Waals surface area contributed by atoms with E-state index in [1.165, 1.54) is 12.5 Å². The third-order valence-corrected chi connectivity index (χ3v) is 4.75. The standard InChI is InChI=1S/C17H22ClFN2/c1-10-6-11(2)8-14(7-10)21-16-9-13(19)4-5-15(16)20-17(21)12(3)18/h4-5,9-12,14H,6-8H2,1-3H3. The third kappa shape index (κ3) is 2.80. The summed E-state index contributed by atoms with van der Waals surface area (Å²) in [6.45, 7) is 6.53. The van der Waals surface area contributed by atoms with Gasteiger partial charge in [-0.05, 0) is 56.2 Å². The molecular weight excluding hydrogens is 287 g/mol. The van der Waals surface area contributed by atoms with Crippen LogP contribution in [-0.4, -0.2) is 9.55 Å². The lowest BCUT2D eigenvalue weighted by molar-refractivity contribution is 0.221. The molecule has 0 bridgehead atoms. The predicted molar refractivity (Wildman–Crippen MR) is 85.2 cm³/mol. The summed E-state index contributed by atoms with van der Waals surface area (Å²) in [5, 5.41) is -0.173. The van der Waals surface area contributed by atoms with E-state index in [-0.39, 0.29) is 11.2 Å². The van der Waals surface area contributed by atoms with Crippen LogP contribution in [0.5, 0.6) is 0 Å². The molecule has 1 aliphatic rings. The fraction of sp³-hybridized carbons (Fsp3) is 0.588. The van der Waals surface area contributed by atoms with E-state index in [2.05, 4.69) is 23.4 Å². The van der Waals surface area contributed by atoms with Crippen molar-refractivity contribution in [1.82, 2.24) is 9.55 Å². The number of rotatable bonds is 2. The van der Waals surface area contributed by atoms with Gasteiger partial charge in [-0.25, -0.2) is 9.37 Å². The first-order valence-corrected chi connectivity index (χ1v) is 8.20. The summed E-state index contributed by atoms with van der Waals surface area (Å²) in [5.41, 5.74) is 1.72. The molecule has 2 nitrogen and oxygen atoms in total. The summed E-state index contributed by atoms with van der Waals surface area (Å²) in [5.74, 6) is 2.02. The van der Waals surface area contributed by atoms with Gasteiger partial charge in [0.25, 0.3) is 0 Å². The second-order valence-corrected chi connectivity index (χ2v) is 7.31. The Balaban J connectivity index is 2.14. The van der Waals surface area contributed by atoms with Gasteiger partial charge in [0.05, 0.1) is 16.4 Å². The second-order valence-electron chi connectivity index (χ2n) is 6.66. The van der Waals surface area contributed by atoms with E-state index in [1.54, 1.807) is 12.1 Å². The van der Waals surface area contributed by atoms with Crippen LogP contribution in [0.1, 0.15) is 57.3 Å². The molecule has 3 atom stereocenters. The van der Waals surface area contributed by atoms with E-state index in [9.17, 15) is 4.39 Å². The molecule has 1 heterocycles. The minimum atomic E-state index is -0.214. The zero-order valence-corrected chi connectivity index (χ0v) is 13.6. The average molecular weight is 309 g/mol. The van der Waals surface area contributed by atoms with E-state index < -0.39 is 0 Å². The highest BCUT2D eigenvalue weighted by atomic mass is 35.5. The van der Waals surface area contributed by atoms with Gasteiger partial charge in [-0.2, -0.15) is 0 Å². The van der Waals surface area contributed by atoms with E-state index >= 15 is 0 Å². The first-order valence-electron chi connectivity index (χ1n) is 7.77. The summed E-state index contributed by atoms with van der Waals surface area (Å²) < 4.78 is 15.9. The number of hydrogen-bond acceptors (Lipinski definition) is 1. The molecule has 4 heteroatoms. The number of halogens is 2. The molecule has 0 aliphatic heterocycles. The molecule has 1 aromatic carbocycles. The minimum absolute atomic E-state index is 0.173. The fourth-order valence-corrected chi connectivity index (χ4v) is 4.02. The maximum atomic E-state index is 13.7. The molecule has 0 radical (unpaired) electrons. The predicted octanol–water partition coefficient (Wildman–Crippen LogP) is 5.47. The molecule has 0 saturated heterocycles. The van der Waals surface area contributed by atoms with Crippen LogP contribution in [0.3, 0.4) is 0 Å². The van der Waals surface area contributed by atoms with Crippen molar-refractivity contribution in [3.8, 4) is 0 Å². The number of imidazole rings is 1. The molecule has 3 rings (SSSR count). The molecule has 114 valence electrons. The lowest BCUT2D eigenvalue weighted by atomic mass is 9.80. The van der Waals surface area contributed by atoms with Crippen molar-refractivity contribution in [3.05, 3.63) is 29.8 Å². The van der Waals surface area contributed by atoms with Crippen LogP contribution < -0.4 is 0 Å². The molecule has 21 heavy (non-hydrogen) atoms. The topological polar surface area (TPSA) is 17.8 Å². The Hall–Kier alpha value is -1.09. The Morgan fingerprint density at radius 1 is 1.24 bits per heavy atom. The number of nitrogens with zero attached hydrogens (tertiary/aromatic N) is 2. The van der Waals surface area contributed by atoms with Crippen molar-refractivity contribution >= 4 is 22.6 Å². The fourth-order valence-electron chi connectivity index (χ4n) is 3.86. The van der Waals surface area contributed by atoms with Crippen LogP contribution in [-0.2, 0) is 0 Å². The smallest absolute Gasteiger partial charge is 0.127 e. The SMILES string of the molecule is CC1CC(C)CC(n2c(C(C)Cl)nc3ccc(F)cc32)C1. The molecule has 1 saturated carbocycles. The molecule has 2 aromatic rings. The maximum Gasteiger partial charge on any atom is 0.127 e. The van der Waals surface area contributed by atoms with Gasteiger partial charge in [0, 0.05) is 6.04 Å². The highest BCUT2D eigenvalue weighted by Gasteiger charge is 2.29. The van der Waals surface area contributed by atoms with Crippen LogP contribution in [0.25, 0.3) is 11.0 Å². The van der Waals surface area contributed by atoms with Crippen LogP contribution in [0.15, 0.2) is 18.2 Å². The zero-order valence-electron chi connectivity index (χ0n) is 12.8. The van der Waals surface area contributed by atoms with Gasteiger partial charge in [-0.15, -0.1) is 11.6 Å². The molecule has 0 spiro atoms. The molecule has 1 fully saturated rings. The lowest BCUT2D eigenvalue weighted by Crippen LogP contribution is -2.24. The highest BCUT2D eigenvalue weighted by molar-refractivity contribution is 6.20. The Bertz CT molecular complexity index is 640. The molecule has 1 aliphatic carbocycles. The van der Waals surface area contributed by atoms with Gasteiger partial charge in [0.2, 0.25) is 0 Å². The van der Waals surface area contributed by atoms with Crippen molar-refractivity contribution in [2.24, 2.45) is 11.8 Å². The Morgan fingerprint density at radius 3 is 2.52 bits per heavy atom. The van der Waals surface area contributed by atoms with Gasteiger partial charge < -0.3 is 4.57 Å². The number of hydrogen-bond donors (Lipinski definition) is 0. The molecule has 0 N–H and O–H groups in total. The first-order chi connectivity index (χ1) is 9.95. The largest absolute Gasteiger partial charge is 0.324 e. The van der Waals surface area contributed by atoms with E-state index in [4.69, 9.17) is 11.6 Å². The zero-order chi connectivity index (χ0) is 15.1. The van der Waals surface area contributed by atoms with Crippen LogP contribution in [0.2, 0.25) is 0 Å². The average Bonchev–Trinajstić information content (AvgIpc) is 2.76. The minimum Gasteiger partial charge on any atom is -0.324 e. The highest BCUT2D eigenvalue weighted by Crippen LogP contribution is 2.40. The molecular formula is C17H22ClFN2. The summed E-state index contributed by atoms with van der Waals surface area (Å²) >= 11 is 6.33. The number of aromatic nitrogens is 2. The number of alkyl halides is 1. The van der Waals surface area contributed by atoms with Crippen molar-refractivity contribution in [2.45, 2.75) is 51.5 Å². The molecule has 3 unspecified atom stereocenters. The van der Waals surface area contributed by atoms with Gasteiger partial charge >= 0.3 is 0 Å². The summed E-state index contributed by atoms with van der Waals surface area (Å²) in [6, 6.07) is 5.18. The van der Waals surface area contributed by atoms with Gasteiger partial charge in [0.1, 0.15) is 11.6 Å². The van der Waals surface area contributed by atoms with Crippen molar-refractivity contribution in [1.29, 1.82) is 0 Å². The van der Waals surface area contributed by atoms with E-state index in [0.29, 0.717) is 17.9 Å². The van der Waals surface area contributed by atoms with Crippen LogP contribution >= 0.6 is 11.6 Å². The lowest BCUT2D eigenvalue weighted by Gasteiger charge is -2.33. The van der Waals surface area contributed by atoms with Crippen LogP contribution in [0.4, 0.5) is 4.39 Å². The summed E-state index contributed by atoms with van der Waals surface area (Å²) in [4.78, 5) is 4.64. The van der Waals surface area contributed by atoms with E-state index in [0.717, 1.165) is 29.7 Å². The monoisotopic (exact) mass is 308 g/mol. The van der Waals surface area contributed by atoms with Crippen molar-refractivity contribution < 1.29 is 4.39 Å². The van der Waals surface area contributed by atoms with Gasteiger partial charge in [-0.3, -0.25) is 0 Å². The molecule has 1 aromatic heterocycles. The van der Waals surface area contributed by atoms with Gasteiger partial charge in [0.15, 0.2) is 0 Å². The van der Waals surface area contributed by atoms with Crippen LogP contribution in [0, 0.1) is 17.7 Å². The van der Waals surface area contributed by atoms with Gasteiger partial charge in [-0.1, -0.05) is 13.8 Å². The number of fused-ring (bicyclic) bond motifs is 1. The molecule has 0 amide bonds. The summed E-state index contributed by atoms with van der Waals surface area (Å²) in [6.07, 6.45) is 3.50. The van der Waals surface area contributed by atoms with Crippen molar-refractivity contribution in [2.75, 3.05) is 0 Å².